The van der Waals surface area contributed by atoms with E-state index in [9.17, 15) is 10.2 Å². The Hall–Kier alpha value is -2.74. The van der Waals surface area contributed by atoms with Crippen molar-refractivity contribution in [1.29, 1.82) is 0 Å². The highest BCUT2D eigenvalue weighted by Gasteiger charge is 2.27. The fraction of sp³-hybridized carbons (Fsp3) is 0.308. The summed E-state index contributed by atoms with van der Waals surface area (Å²) in [5, 5.41) is 19.5. The van der Waals surface area contributed by atoms with Crippen molar-refractivity contribution in [2.45, 2.75) is 44.4 Å². The van der Waals surface area contributed by atoms with Crippen molar-refractivity contribution in [1.82, 2.24) is 0 Å². The van der Waals surface area contributed by atoms with E-state index in [0.29, 0.717) is 5.92 Å². The first kappa shape index (κ1) is 17.4. The highest BCUT2D eigenvalue weighted by molar-refractivity contribution is 5.90. The largest absolute Gasteiger partial charge is 0.508 e. The zero-order valence-corrected chi connectivity index (χ0v) is 16.1. The molecule has 28 heavy (non-hydrogen) atoms. The molecule has 0 aromatic heterocycles. The average Bonchev–Trinajstić information content (AvgIpc) is 3.35. The lowest BCUT2D eigenvalue weighted by molar-refractivity contribution is 0.334. The summed E-state index contributed by atoms with van der Waals surface area (Å²) in [5.41, 5.74) is 7.33. The van der Waals surface area contributed by atoms with Crippen molar-refractivity contribution in [2.24, 2.45) is 5.92 Å². The van der Waals surface area contributed by atoms with Crippen molar-refractivity contribution in [3.8, 4) is 11.5 Å². The second-order valence-electron chi connectivity index (χ2n) is 8.40. The molecule has 142 valence electrons. The minimum atomic E-state index is 0.0918. The molecular formula is C26H26O2. The van der Waals surface area contributed by atoms with Crippen molar-refractivity contribution in [3.05, 3.63) is 76.9 Å². The molecule has 0 heterocycles. The molecule has 1 saturated carbocycles. The van der Waals surface area contributed by atoms with Crippen molar-refractivity contribution in [3.63, 3.8) is 0 Å². The molecule has 2 N–H and O–H groups in total. The number of hydrogen-bond donors (Lipinski definition) is 2. The number of allylic oxidation sites excluding steroid dienone is 5. The number of benzene rings is 2. The van der Waals surface area contributed by atoms with E-state index in [1.807, 2.05) is 0 Å². The van der Waals surface area contributed by atoms with Crippen LogP contribution in [0.2, 0.25) is 0 Å². The van der Waals surface area contributed by atoms with E-state index in [1.165, 1.54) is 60.4 Å². The van der Waals surface area contributed by atoms with Crippen LogP contribution in [-0.2, 0) is 0 Å². The van der Waals surface area contributed by atoms with E-state index in [0.717, 1.165) is 23.5 Å². The van der Waals surface area contributed by atoms with Crippen molar-refractivity contribution >= 4 is 17.2 Å². The molecule has 2 heteroatoms. The summed E-state index contributed by atoms with van der Waals surface area (Å²) in [4.78, 5) is 0. The summed E-state index contributed by atoms with van der Waals surface area (Å²) >= 11 is 0. The minimum Gasteiger partial charge on any atom is -0.508 e. The summed E-state index contributed by atoms with van der Waals surface area (Å²) in [5.74, 6) is 1.60. The molecule has 1 unspecified atom stereocenters. The van der Waals surface area contributed by atoms with Gasteiger partial charge in [-0.1, -0.05) is 55.7 Å². The first-order chi connectivity index (χ1) is 13.7. The molecule has 2 nitrogen and oxygen atoms in total. The van der Waals surface area contributed by atoms with Gasteiger partial charge >= 0.3 is 0 Å². The van der Waals surface area contributed by atoms with Gasteiger partial charge in [-0.15, -0.1) is 0 Å². The van der Waals surface area contributed by atoms with Crippen LogP contribution in [0.1, 0.15) is 66.7 Å². The molecule has 0 amide bonds. The quantitative estimate of drug-likeness (QED) is 0.634. The third-order valence-corrected chi connectivity index (χ3v) is 6.57. The van der Waals surface area contributed by atoms with E-state index in [-0.39, 0.29) is 11.5 Å². The van der Waals surface area contributed by atoms with Crippen LogP contribution in [0, 0.1) is 5.92 Å². The zero-order valence-electron chi connectivity index (χ0n) is 16.1. The van der Waals surface area contributed by atoms with Crippen LogP contribution in [0.15, 0.2) is 54.6 Å². The SMILES string of the molecule is Oc1cc(O)cc(C2=CCC(c3ccc4c(c3)C=CC4C3CCCCC3)=C2)c1. The lowest BCUT2D eigenvalue weighted by Crippen LogP contribution is -2.13. The Morgan fingerprint density at radius 1 is 0.821 bits per heavy atom. The lowest BCUT2D eigenvalue weighted by atomic mass is 9.77. The van der Waals surface area contributed by atoms with Gasteiger partial charge in [0.05, 0.1) is 0 Å². The molecular weight excluding hydrogens is 344 g/mol. The maximum atomic E-state index is 9.76. The Bertz CT molecular complexity index is 983. The van der Waals surface area contributed by atoms with Crippen LogP contribution in [0.25, 0.3) is 17.2 Å². The first-order valence-electron chi connectivity index (χ1n) is 10.4. The van der Waals surface area contributed by atoms with Crippen LogP contribution >= 0.6 is 0 Å². The highest BCUT2D eigenvalue weighted by atomic mass is 16.3. The maximum absolute atomic E-state index is 9.76. The average molecular weight is 370 g/mol. The van der Waals surface area contributed by atoms with Gasteiger partial charge in [0.2, 0.25) is 0 Å². The first-order valence-corrected chi connectivity index (χ1v) is 10.4. The molecule has 1 fully saturated rings. The van der Waals surface area contributed by atoms with Gasteiger partial charge in [0, 0.05) is 12.0 Å². The summed E-state index contributed by atoms with van der Waals surface area (Å²) in [6, 6.07) is 11.7. The highest BCUT2D eigenvalue weighted by Crippen LogP contribution is 2.43. The molecule has 5 rings (SSSR count). The van der Waals surface area contributed by atoms with E-state index < -0.39 is 0 Å². The smallest absolute Gasteiger partial charge is 0.119 e. The van der Waals surface area contributed by atoms with Crippen LogP contribution in [0.5, 0.6) is 11.5 Å². The molecule has 0 spiro atoms. The van der Waals surface area contributed by atoms with Crippen molar-refractivity contribution < 1.29 is 10.2 Å². The van der Waals surface area contributed by atoms with Gasteiger partial charge in [0.25, 0.3) is 0 Å². The number of aromatic hydroxyl groups is 2. The van der Waals surface area contributed by atoms with Gasteiger partial charge in [-0.05, 0) is 76.8 Å². The van der Waals surface area contributed by atoms with Crippen LogP contribution in [0.4, 0.5) is 0 Å². The van der Waals surface area contributed by atoms with E-state index in [4.69, 9.17) is 0 Å². The Labute approximate surface area is 166 Å². The Morgan fingerprint density at radius 2 is 1.61 bits per heavy atom. The standard InChI is InChI=1S/C26H26O2/c27-23-14-22(15-24(28)16-23)20-7-6-18(12-20)19-8-10-26-21(13-19)9-11-25(26)17-4-2-1-3-5-17/h7-17,25,27-28H,1-6H2. The van der Waals surface area contributed by atoms with Crippen molar-refractivity contribution in [2.75, 3.05) is 0 Å². The summed E-state index contributed by atoms with van der Waals surface area (Å²) in [7, 11) is 0. The fourth-order valence-electron chi connectivity index (χ4n) is 5.13. The minimum absolute atomic E-state index is 0.0918. The third kappa shape index (κ3) is 3.17. The number of hydrogen-bond acceptors (Lipinski definition) is 2. The lowest BCUT2D eigenvalue weighted by Gasteiger charge is -2.27. The normalized spacial score (nSPS) is 21.5. The number of fused-ring (bicyclic) bond motifs is 1. The third-order valence-electron chi connectivity index (χ3n) is 6.57. The molecule has 0 radical (unpaired) electrons. The Balaban J connectivity index is 1.39. The topological polar surface area (TPSA) is 40.5 Å². The molecule has 3 aliphatic rings. The monoisotopic (exact) mass is 370 g/mol. The zero-order chi connectivity index (χ0) is 19.1. The predicted octanol–water partition coefficient (Wildman–Crippen LogP) is 6.66. The number of rotatable bonds is 3. The second-order valence-corrected chi connectivity index (χ2v) is 8.40. The van der Waals surface area contributed by atoms with Gasteiger partial charge in [0.1, 0.15) is 11.5 Å². The fourth-order valence-corrected chi connectivity index (χ4v) is 5.13. The summed E-state index contributed by atoms with van der Waals surface area (Å²) in [6.07, 6.45) is 16.9. The van der Waals surface area contributed by atoms with E-state index in [2.05, 4.69) is 42.5 Å². The van der Waals surface area contributed by atoms with Crippen LogP contribution in [0.3, 0.4) is 0 Å². The van der Waals surface area contributed by atoms with E-state index >= 15 is 0 Å². The summed E-state index contributed by atoms with van der Waals surface area (Å²) in [6.45, 7) is 0. The Kier molecular flexibility index (Phi) is 4.35. The van der Waals surface area contributed by atoms with Crippen LogP contribution in [-0.4, -0.2) is 10.2 Å². The van der Waals surface area contributed by atoms with Gasteiger partial charge in [0.15, 0.2) is 0 Å². The molecule has 3 aliphatic carbocycles. The number of phenolic OH excluding ortho intramolecular Hbond substituents is 2. The van der Waals surface area contributed by atoms with Gasteiger partial charge in [-0.25, -0.2) is 0 Å². The van der Waals surface area contributed by atoms with Gasteiger partial charge in [-0.2, -0.15) is 0 Å². The van der Waals surface area contributed by atoms with Crippen LogP contribution < -0.4 is 0 Å². The van der Waals surface area contributed by atoms with E-state index in [1.54, 1.807) is 12.1 Å². The molecule has 0 aliphatic heterocycles. The second kappa shape index (κ2) is 7.01. The molecule has 1 atom stereocenters. The summed E-state index contributed by atoms with van der Waals surface area (Å²) < 4.78 is 0. The van der Waals surface area contributed by atoms with Gasteiger partial charge < -0.3 is 10.2 Å². The Morgan fingerprint density at radius 3 is 2.39 bits per heavy atom. The molecule has 0 saturated heterocycles. The molecule has 2 aromatic rings. The predicted molar refractivity (Wildman–Crippen MR) is 115 cm³/mol. The molecule has 2 aromatic carbocycles. The molecule has 0 bridgehead atoms. The van der Waals surface area contributed by atoms with Gasteiger partial charge in [-0.3, -0.25) is 0 Å². The maximum Gasteiger partial charge on any atom is 0.119 e. The number of phenols is 2.